The first-order valence-corrected chi connectivity index (χ1v) is 8.34. The number of nitrogens with one attached hydrogen (secondary N) is 1. The second-order valence-corrected chi connectivity index (χ2v) is 6.13. The normalized spacial score (nSPS) is 10.2. The first-order valence-electron chi connectivity index (χ1n) is 8.34. The van der Waals surface area contributed by atoms with Gasteiger partial charge in [-0.1, -0.05) is 18.2 Å². The third-order valence-corrected chi connectivity index (χ3v) is 3.95. The Morgan fingerprint density at radius 1 is 0.769 bits per heavy atom. The standard InChI is InChI=1S/C21H22N4O/c1-24(2)21(26)23-17-10-14-20(15-11-17)25(18-6-4-3-5-7-18)19-12-8-16(22)9-13-19/h3-15H,22H2,1-2H3,(H,23,26). The number of anilines is 5. The molecule has 5 heteroatoms. The highest BCUT2D eigenvalue weighted by atomic mass is 16.2. The molecule has 0 bridgehead atoms. The molecular weight excluding hydrogens is 324 g/mol. The largest absolute Gasteiger partial charge is 0.399 e. The van der Waals surface area contributed by atoms with Crippen LogP contribution in [-0.2, 0) is 0 Å². The molecule has 0 radical (unpaired) electrons. The minimum absolute atomic E-state index is 0.156. The number of nitrogen functional groups attached to an aromatic ring is 1. The Kier molecular flexibility index (Phi) is 5.08. The summed E-state index contributed by atoms with van der Waals surface area (Å²) in [7, 11) is 3.42. The van der Waals surface area contributed by atoms with Crippen LogP contribution in [0.3, 0.4) is 0 Å². The van der Waals surface area contributed by atoms with Gasteiger partial charge in [0.25, 0.3) is 0 Å². The van der Waals surface area contributed by atoms with Crippen molar-refractivity contribution >= 4 is 34.5 Å². The smallest absolute Gasteiger partial charge is 0.321 e. The third kappa shape index (κ3) is 3.95. The van der Waals surface area contributed by atoms with E-state index >= 15 is 0 Å². The molecule has 5 nitrogen and oxygen atoms in total. The second kappa shape index (κ2) is 7.61. The van der Waals surface area contributed by atoms with Crippen LogP contribution >= 0.6 is 0 Å². The van der Waals surface area contributed by atoms with Gasteiger partial charge in [0.2, 0.25) is 0 Å². The maximum atomic E-state index is 11.8. The van der Waals surface area contributed by atoms with E-state index in [2.05, 4.69) is 22.3 Å². The third-order valence-electron chi connectivity index (χ3n) is 3.95. The van der Waals surface area contributed by atoms with Crippen molar-refractivity contribution in [3.8, 4) is 0 Å². The number of hydrogen-bond acceptors (Lipinski definition) is 3. The molecular formula is C21H22N4O. The van der Waals surface area contributed by atoms with E-state index < -0.39 is 0 Å². The van der Waals surface area contributed by atoms with Gasteiger partial charge in [0.1, 0.15) is 0 Å². The number of nitrogens with two attached hydrogens (primary N) is 1. The van der Waals surface area contributed by atoms with E-state index in [0.717, 1.165) is 28.4 Å². The molecule has 0 heterocycles. The van der Waals surface area contributed by atoms with Crippen LogP contribution in [0.5, 0.6) is 0 Å². The molecule has 0 saturated carbocycles. The Labute approximate surface area is 153 Å². The van der Waals surface area contributed by atoms with Gasteiger partial charge in [-0.3, -0.25) is 0 Å². The molecule has 0 aromatic heterocycles. The van der Waals surface area contributed by atoms with Gasteiger partial charge in [-0.25, -0.2) is 4.79 Å². The lowest BCUT2D eigenvalue weighted by Crippen LogP contribution is -2.27. The summed E-state index contributed by atoms with van der Waals surface area (Å²) in [5, 5.41) is 2.85. The average molecular weight is 346 g/mol. The van der Waals surface area contributed by atoms with Crippen LogP contribution in [-0.4, -0.2) is 25.0 Å². The lowest BCUT2D eigenvalue weighted by atomic mass is 10.1. The van der Waals surface area contributed by atoms with E-state index in [1.54, 1.807) is 14.1 Å². The molecule has 3 N–H and O–H groups in total. The Morgan fingerprint density at radius 3 is 1.81 bits per heavy atom. The van der Waals surface area contributed by atoms with Crippen LogP contribution in [0.25, 0.3) is 0 Å². The number of nitrogens with zero attached hydrogens (tertiary/aromatic N) is 2. The lowest BCUT2D eigenvalue weighted by Gasteiger charge is -2.25. The molecule has 3 rings (SSSR count). The van der Waals surface area contributed by atoms with E-state index in [0.29, 0.717) is 0 Å². The van der Waals surface area contributed by atoms with Crippen molar-refractivity contribution in [1.82, 2.24) is 4.90 Å². The van der Waals surface area contributed by atoms with Crippen LogP contribution in [0, 0.1) is 0 Å². The monoisotopic (exact) mass is 346 g/mol. The summed E-state index contributed by atoms with van der Waals surface area (Å²) >= 11 is 0. The molecule has 0 unspecified atom stereocenters. The fraction of sp³-hybridized carbons (Fsp3) is 0.0952. The number of benzene rings is 3. The maximum Gasteiger partial charge on any atom is 0.321 e. The zero-order valence-electron chi connectivity index (χ0n) is 14.9. The quantitative estimate of drug-likeness (QED) is 0.665. The highest BCUT2D eigenvalue weighted by Crippen LogP contribution is 2.35. The number of carbonyl (C=O) groups excluding carboxylic acids is 1. The van der Waals surface area contributed by atoms with Gasteiger partial charge in [-0.05, 0) is 60.7 Å². The molecule has 3 aromatic rings. The molecule has 26 heavy (non-hydrogen) atoms. The first kappa shape index (κ1) is 17.4. The van der Waals surface area contributed by atoms with Crippen molar-refractivity contribution in [2.45, 2.75) is 0 Å². The molecule has 0 aliphatic heterocycles. The van der Waals surface area contributed by atoms with E-state index in [1.165, 1.54) is 4.90 Å². The second-order valence-electron chi connectivity index (χ2n) is 6.13. The summed E-state index contributed by atoms with van der Waals surface area (Å²) in [6.45, 7) is 0. The number of urea groups is 1. The Balaban J connectivity index is 1.95. The van der Waals surface area contributed by atoms with E-state index in [-0.39, 0.29) is 6.03 Å². The van der Waals surface area contributed by atoms with Crippen molar-refractivity contribution in [3.63, 3.8) is 0 Å². The molecule has 3 aromatic carbocycles. The summed E-state index contributed by atoms with van der Waals surface area (Å²) in [4.78, 5) is 15.4. The molecule has 0 spiro atoms. The van der Waals surface area contributed by atoms with Crippen LogP contribution in [0.15, 0.2) is 78.9 Å². The average Bonchev–Trinajstić information content (AvgIpc) is 2.66. The molecule has 0 aliphatic carbocycles. The zero-order chi connectivity index (χ0) is 18.5. The molecule has 0 atom stereocenters. The minimum Gasteiger partial charge on any atom is -0.399 e. The van der Waals surface area contributed by atoms with E-state index in [1.807, 2.05) is 66.7 Å². The summed E-state index contributed by atoms with van der Waals surface area (Å²) in [5.41, 5.74) is 10.3. The van der Waals surface area contributed by atoms with Gasteiger partial charge in [0.05, 0.1) is 0 Å². The molecule has 2 amide bonds. The Hall–Kier alpha value is -3.47. The SMILES string of the molecule is CN(C)C(=O)Nc1ccc(N(c2ccccc2)c2ccc(N)cc2)cc1. The molecule has 132 valence electrons. The summed E-state index contributed by atoms with van der Waals surface area (Å²) in [5.74, 6) is 0. The number of rotatable bonds is 4. The van der Waals surface area contributed by atoms with Crippen molar-refractivity contribution < 1.29 is 4.79 Å². The van der Waals surface area contributed by atoms with Crippen molar-refractivity contribution in [1.29, 1.82) is 0 Å². The highest BCUT2D eigenvalue weighted by Gasteiger charge is 2.12. The molecule has 0 saturated heterocycles. The topological polar surface area (TPSA) is 61.6 Å². The Morgan fingerprint density at radius 2 is 1.27 bits per heavy atom. The number of para-hydroxylation sites is 1. The van der Waals surface area contributed by atoms with Crippen LogP contribution in [0.2, 0.25) is 0 Å². The number of hydrogen-bond donors (Lipinski definition) is 2. The van der Waals surface area contributed by atoms with Crippen LogP contribution in [0.1, 0.15) is 0 Å². The van der Waals surface area contributed by atoms with Gasteiger partial charge in [0.15, 0.2) is 0 Å². The fourth-order valence-electron chi connectivity index (χ4n) is 2.58. The van der Waals surface area contributed by atoms with Crippen LogP contribution < -0.4 is 16.0 Å². The first-order chi connectivity index (χ1) is 12.5. The predicted molar refractivity (Wildman–Crippen MR) is 108 cm³/mol. The number of carbonyl (C=O) groups is 1. The molecule has 0 aliphatic rings. The zero-order valence-corrected chi connectivity index (χ0v) is 14.9. The molecule has 0 fully saturated rings. The minimum atomic E-state index is -0.156. The van der Waals surface area contributed by atoms with Crippen LogP contribution in [0.4, 0.5) is 33.2 Å². The predicted octanol–water partition coefficient (Wildman–Crippen LogP) is 4.83. The summed E-state index contributed by atoms with van der Waals surface area (Å²) in [6, 6.07) is 25.5. The fourth-order valence-corrected chi connectivity index (χ4v) is 2.58. The van der Waals surface area contributed by atoms with Crippen molar-refractivity contribution in [3.05, 3.63) is 78.9 Å². The summed E-state index contributed by atoms with van der Waals surface area (Å²) < 4.78 is 0. The van der Waals surface area contributed by atoms with Crippen molar-refractivity contribution in [2.75, 3.05) is 30.0 Å². The number of amides is 2. The van der Waals surface area contributed by atoms with Gasteiger partial charge < -0.3 is 20.9 Å². The lowest BCUT2D eigenvalue weighted by molar-refractivity contribution is 0.230. The maximum absolute atomic E-state index is 11.8. The van der Waals surface area contributed by atoms with Gasteiger partial charge in [-0.2, -0.15) is 0 Å². The van der Waals surface area contributed by atoms with Gasteiger partial charge in [0, 0.05) is 42.5 Å². The highest BCUT2D eigenvalue weighted by molar-refractivity contribution is 5.89. The van der Waals surface area contributed by atoms with Gasteiger partial charge in [-0.15, -0.1) is 0 Å². The van der Waals surface area contributed by atoms with Crippen molar-refractivity contribution in [2.24, 2.45) is 0 Å². The van der Waals surface area contributed by atoms with Gasteiger partial charge >= 0.3 is 6.03 Å². The van der Waals surface area contributed by atoms with E-state index in [9.17, 15) is 4.79 Å². The Bertz CT molecular complexity index is 859. The summed E-state index contributed by atoms with van der Waals surface area (Å²) in [6.07, 6.45) is 0. The van der Waals surface area contributed by atoms with E-state index in [4.69, 9.17) is 5.73 Å².